The fraction of sp³-hybridized carbons (Fsp3) is 0.519. The van der Waals surface area contributed by atoms with E-state index in [1.54, 1.807) is 0 Å². The molecule has 0 saturated heterocycles. The summed E-state index contributed by atoms with van der Waals surface area (Å²) in [5.74, 6) is 0.789. The molecule has 0 radical (unpaired) electrons. The van der Waals surface area contributed by atoms with E-state index in [9.17, 15) is 0 Å². The highest BCUT2D eigenvalue weighted by Crippen LogP contribution is 2.18. The predicted molar refractivity (Wildman–Crippen MR) is 125 cm³/mol. The van der Waals surface area contributed by atoms with Crippen LogP contribution in [0.1, 0.15) is 77.2 Å². The summed E-state index contributed by atoms with van der Waals surface area (Å²) in [4.78, 5) is 0. The van der Waals surface area contributed by atoms with Gasteiger partial charge in [-0.2, -0.15) is 0 Å². The second kappa shape index (κ2) is 17.1. The van der Waals surface area contributed by atoms with Gasteiger partial charge in [0.25, 0.3) is 0 Å². The van der Waals surface area contributed by atoms with Crippen LogP contribution in [-0.2, 0) is 6.42 Å². The molecule has 1 nitrogen and oxygen atoms in total. The van der Waals surface area contributed by atoms with Crippen molar-refractivity contribution < 1.29 is 0 Å². The Balaban J connectivity index is 2.18. The third kappa shape index (κ3) is 12.4. The monoisotopic (exact) mass is 379 g/mol. The Hall–Kier alpha value is -1.98. The Bertz CT molecular complexity index is 590. The first-order chi connectivity index (χ1) is 13.8. The molecule has 154 valence electrons. The van der Waals surface area contributed by atoms with Gasteiger partial charge in [0, 0.05) is 6.54 Å². The first-order valence-electron chi connectivity index (χ1n) is 11.3. The molecule has 1 rings (SSSR count). The molecule has 0 aliphatic heterocycles. The highest BCUT2D eigenvalue weighted by atomic mass is 14.9. The highest BCUT2D eigenvalue weighted by molar-refractivity contribution is 5.14. The Labute approximate surface area is 174 Å². The zero-order valence-electron chi connectivity index (χ0n) is 18.3. The van der Waals surface area contributed by atoms with E-state index < -0.39 is 0 Å². The summed E-state index contributed by atoms with van der Waals surface area (Å²) in [5.41, 5.74) is 5.60. The van der Waals surface area contributed by atoms with Crippen molar-refractivity contribution in [3.63, 3.8) is 0 Å². The summed E-state index contributed by atoms with van der Waals surface area (Å²) in [6.45, 7) is 9.11. The Morgan fingerprint density at radius 3 is 2.29 bits per heavy atom. The lowest BCUT2D eigenvalue weighted by Gasteiger charge is -2.11. The van der Waals surface area contributed by atoms with Gasteiger partial charge in [-0.05, 0) is 69.8 Å². The number of nitrogens with one attached hydrogen (secondary N) is 1. The molecule has 1 aromatic carbocycles. The highest BCUT2D eigenvalue weighted by Gasteiger charge is 2.03. The number of rotatable bonds is 16. The van der Waals surface area contributed by atoms with Crippen molar-refractivity contribution in [2.24, 2.45) is 5.92 Å². The average Bonchev–Trinajstić information content (AvgIpc) is 2.72. The van der Waals surface area contributed by atoms with Crippen LogP contribution >= 0.6 is 0 Å². The maximum absolute atomic E-state index is 3.75. The molecule has 0 fully saturated rings. The van der Waals surface area contributed by atoms with Gasteiger partial charge in [-0.15, -0.1) is 5.73 Å². The number of benzene rings is 1. The molecule has 1 N–H and O–H groups in total. The minimum absolute atomic E-state index is 0.789. The Morgan fingerprint density at radius 2 is 1.68 bits per heavy atom. The molecule has 0 amide bonds. The number of hydrogen-bond acceptors (Lipinski definition) is 1. The van der Waals surface area contributed by atoms with E-state index >= 15 is 0 Å². The third-order valence-corrected chi connectivity index (χ3v) is 5.05. The lowest BCUT2D eigenvalue weighted by atomic mass is 9.95. The topological polar surface area (TPSA) is 12.0 Å². The van der Waals surface area contributed by atoms with Crippen molar-refractivity contribution in [2.75, 3.05) is 6.54 Å². The van der Waals surface area contributed by atoms with Gasteiger partial charge in [0.05, 0.1) is 5.70 Å². The molecule has 1 heteroatoms. The molecule has 1 aromatic rings. The first-order valence-corrected chi connectivity index (χ1v) is 11.3. The first kappa shape index (κ1) is 24.1. The van der Waals surface area contributed by atoms with Gasteiger partial charge in [0.15, 0.2) is 0 Å². The van der Waals surface area contributed by atoms with E-state index in [1.165, 1.54) is 56.9 Å². The second-order valence-corrected chi connectivity index (χ2v) is 7.52. The van der Waals surface area contributed by atoms with Crippen LogP contribution in [0, 0.1) is 5.92 Å². The number of hydrogen-bond donors (Lipinski definition) is 1. The summed E-state index contributed by atoms with van der Waals surface area (Å²) < 4.78 is 0. The molecule has 0 aliphatic carbocycles. The smallest absolute Gasteiger partial charge is 0.0531 e. The van der Waals surface area contributed by atoms with Crippen molar-refractivity contribution in [3.05, 3.63) is 78.2 Å². The van der Waals surface area contributed by atoms with Crippen LogP contribution in [0.3, 0.4) is 0 Å². The summed E-state index contributed by atoms with van der Waals surface area (Å²) >= 11 is 0. The van der Waals surface area contributed by atoms with Gasteiger partial charge in [-0.1, -0.05) is 81.0 Å². The van der Waals surface area contributed by atoms with Crippen LogP contribution in [0.25, 0.3) is 0 Å². The van der Waals surface area contributed by atoms with Gasteiger partial charge < -0.3 is 5.32 Å². The summed E-state index contributed by atoms with van der Waals surface area (Å²) in [6, 6.07) is 10.8. The lowest BCUT2D eigenvalue weighted by Crippen LogP contribution is -2.10. The zero-order valence-corrected chi connectivity index (χ0v) is 18.3. The van der Waals surface area contributed by atoms with Gasteiger partial charge in [0.1, 0.15) is 0 Å². The quantitative estimate of drug-likeness (QED) is 0.176. The number of unbranched alkanes of at least 4 members (excludes halogenated alkanes) is 2. The molecular weight excluding hydrogens is 338 g/mol. The minimum atomic E-state index is 0.789. The Kier molecular flexibility index (Phi) is 14.7. The van der Waals surface area contributed by atoms with Crippen LogP contribution in [0.5, 0.6) is 0 Å². The fourth-order valence-corrected chi connectivity index (χ4v) is 3.47. The van der Waals surface area contributed by atoms with Crippen LogP contribution in [-0.4, -0.2) is 6.54 Å². The largest absolute Gasteiger partial charge is 0.382 e. The molecule has 28 heavy (non-hydrogen) atoms. The number of allylic oxidation sites excluding steroid dienone is 5. The predicted octanol–water partition coefficient (Wildman–Crippen LogP) is 7.77. The average molecular weight is 380 g/mol. The van der Waals surface area contributed by atoms with Crippen molar-refractivity contribution in [3.8, 4) is 0 Å². The van der Waals surface area contributed by atoms with Crippen molar-refractivity contribution >= 4 is 0 Å². The molecule has 0 spiro atoms. The van der Waals surface area contributed by atoms with Crippen LogP contribution in [0.4, 0.5) is 0 Å². The molecule has 0 heterocycles. The summed E-state index contributed by atoms with van der Waals surface area (Å²) in [5, 5.41) is 3.32. The van der Waals surface area contributed by atoms with Crippen LogP contribution < -0.4 is 5.32 Å². The van der Waals surface area contributed by atoms with E-state index in [0.717, 1.165) is 31.0 Å². The van der Waals surface area contributed by atoms with Crippen molar-refractivity contribution in [2.45, 2.75) is 78.1 Å². The normalized spacial score (nSPS) is 12.4. The minimum Gasteiger partial charge on any atom is -0.382 e. The molecule has 0 saturated carbocycles. The maximum Gasteiger partial charge on any atom is 0.0531 e. The summed E-state index contributed by atoms with van der Waals surface area (Å²) in [6.07, 6.45) is 21.6. The molecule has 0 bridgehead atoms. The zero-order chi connectivity index (χ0) is 20.3. The van der Waals surface area contributed by atoms with Gasteiger partial charge in [0.2, 0.25) is 0 Å². The SMILES string of the molecule is C=C=C(CCC/C=C\CC(C/C=C/CCCc1ccccc1)CCC)NCC. The summed E-state index contributed by atoms with van der Waals surface area (Å²) in [7, 11) is 0. The van der Waals surface area contributed by atoms with Gasteiger partial charge >= 0.3 is 0 Å². The van der Waals surface area contributed by atoms with E-state index in [2.05, 4.69) is 86.1 Å². The fourth-order valence-electron chi connectivity index (χ4n) is 3.47. The number of aryl methyl sites for hydroxylation is 1. The maximum atomic E-state index is 3.75. The second-order valence-electron chi connectivity index (χ2n) is 7.52. The molecule has 1 atom stereocenters. The molecular formula is C27H41N. The van der Waals surface area contributed by atoms with E-state index in [1.807, 2.05) is 0 Å². The van der Waals surface area contributed by atoms with Crippen LogP contribution in [0.15, 0.2) is 72.6 Å². The molecule has 1 unspecified atom stereocenters. The lowest BCUT2D eigenvalue weighted by molar-refractivity contribution is 0.490. The molecule has 0 aliphatic rings. The third-order valence-electron chi connectivity index (χ3n) is 5.05. The van der Waals surface area contributed by atoms with Crippen molar-refractivity contribution in [1.29, 1.82) is 0 Å². The Morgan fingerprint density at radius 1 is 1.00 bits per heavy atom. The van der Waals surface area contributed by atoms with E-state index in [0.29, 0.717) is 0 Å². The van der Waals surface area contributed by atoms with Crippen LogP contribution in [0.2, 0.25) is 0 Å². The standard InChI is InChI=1S/C27H41N/c1-4-18-25(20-13-9-10-17-24-27(5-2)28-6-3)19-12-7-8-14-21-26-22-15-11-16-23-26/h7,9,11-13,15-16,22-23,25,28H,2,4,6,8,10,14,17-21,24H2,1,3H3/b12-7+,13-9-. The van der Waals surface area contributed by atoms with Gasteiger partial charge in [-0.3, -0.25) is 0 Å². The van der Waals surface area contributed by atoms with Crippen molar-refractivity contribution in [1.82, 2.24) is 5.32 Å². The molecule has 0 aromatic heterocycles. The van der Waals surface area contributed by atoms with Gasteiger partial charge in [-0.25, -0.2) is 0 Å². The van der Waals surface area contributed by atoms with E-state index in [-0.39, 0.29) is 0 Å². The van der Waals surface area contributed by atoms with E-state index in [4.69, 9.17) is 0 Å².